The molecule has 0 fully saturated rings. The Hall–Kier alpha value is -3.80. The lowest BCUT2D eigenvalue weighted by Gasteiger charge is -2.17. The first-order chi connectivity index (χ1) is 17.3. The van der Waals surface area contributed by atoms with Crippen molar-refractivity contribution in [2.45, 2.75) is 58.0 Å². The van der Waals surface area contributed by atoms with Crippen LogP contribution in [0.3, 0.4) is 0 Å². The van der Waals surface area contributed by atoms with E-state index in [4.69, 9.17) is 4.98 Å². The van der Waals surface area contributed by atoms with E-state index in [2.05, 4.69) is 30.2 Å². The van der Waals surface area contributed by atoms with Gasteiger partial charge < -0.3 is 5.32 Å². The molecule has 1 atom stereocenters. The van der Waals surface area contributed by atoms with Crippen LogP contribution in [0.1, 0.15) is 51.5 Å². The van der Waals surface area contributed by atoms with Gasteiger partial charge in [-0.2, -0.15) is 0 Å². The van der Waals surface area contributed by atoms with Crippen LogP contribution >= 0.6 is 0 Å². The van der Waals surface area contributed by atoms with Gasteiger partial charge in [0.2, 0.25) is 0 Å². The van der Waals surface area contributed by atoms with Gasteiger partial charge in [-0.3, -0.25) is 14.3 Å². The molecular formula is C24H28N8O3S. The molecule has 0 aromatic carbocycles. The Bertz CT molecular complexity index is 1550. The third kappa shape index (κ3) is 4.94. The van der Waals surface area contributed by atoms with Crippen molar-refractivity contribution in [3.63, 3.8) is 0 Å². The molecule has 0 spiro atoms. The second kappa shape index (κ2) is 10.4. The maximum absolute atomic E-state index is 13.5. The van der Waals surface area contributed by atoms with Crippen molar-refractivity contribution in [2.24, 2.45) is 0 Å². The van der Waals surface area contributed by atoms with Crippen LogP contribution in [-0.4, -0.2) is 48.6 Å². The van der Waals surface area contributed by atoms with Crippen LogP contribution in [0.2, 0.25) is 0 Å². The van der Waals surface area contributed by atoms with Gasteiger partial charge in [-0.25, -0.2) is 33.3 Å². The van der Waals surface area contributed by atoms with Crippen molar-refractivity contribution in [1.29, 1.82) is 0 Å². The van der Waals surface area contributed by atoms with Crippen molar-refractivity contribution in [3.8, 4) is 11.4 Å². The minimum atomic E-state index is -3.33. The Morgan fingerprint density at radius 1 is 1.03 bits per heavy atom. The van der Waals surface area contributed by atoms with E-state index in [1.807, 2.05) is 20.8 Å². The first-order valence-electron chi connectivity index (χ1n) is 11.8. The molecule has 0 saturated heterocycles. The highest BCUT2D eigenvalue weighted by Crippen LogP contribution is 2.22. The van der Waals surface area contributed by atoms with E-state index in [-0.39, 0.29) is 34.6 Å². The van der Waals surface area contributed by atoms with Crippen molar-refractivity contribution >= 4 is 26.8 Å². The number of sulfone groups is 1. The number of aromatic nitrogens is 7. The summed E-state index contributed by atoms with van der Waals surface area (Å²) in [5.41, 5.74) is 2.69. The molecule has 0 radical (unpaired) electrons. The van der Waals surface area contributed by atoms with E-state index < -0.39 is 9.84 Å². The molecule has 1 unspecified atom stereocenters. The van der Waals surface area contributed by atoms with Gasteiger partial charge in [0.1, 0.15) is 11.8 Å². The number of pyridine rings is 1. The SMILES string of the molecule is CCc1ncncc1-c1ncc2nc(NCc3ccc(S(=O)(=O)CC)cn3)c(=O)n(C(C)CC)c2n1. The molecular weight excluding hydrogens is 480 g/mol. The lowest BCUT2D eigenvalue weighted by Crippen LogP contribution is -2.28. The maximum atomic E-state index is 13.5. The fourth-order valence-electron chi connectivity index (χ4n) is 3.70. The van der Waals surface area contributed by atoms with Crippen molar-refractivity contribution in [3.05, 3.63) is 58.8 Å². The summed E-state index contributed by atoms with van der Waals surface area (Å²) >= 11 is 0. The van der Waals surface area contributed by atoms with Gasteiger partial charge in [0.05, 0.1) is 40.3 Å². The number of anilines is 1. The highest BCUT2D eigenvalue weighted by molar-refractivity contribution is 7.91. The molecule has 0 amide bonds. The van der Waals surface area contributed by atoms with E-state index in [0.717, 1.165) is 5.69 Å². The first-order valence-corrected chi connectivity index (χ1v) is 13.4. The van der Waals surface area contributed by atoms with Gasteiger partial charge in [0, 0.05) is 18.4 Å². The summed E-state index contributed by atoms with van der Waals surface area (Å²) in [7, 11) is -3.33. The van der Waals surface area contributed by atoms with Crippen molar-refractivity contribution < 1.29 is 8.42 Å². The monoisotopic (exact) mass is 508 g/mol. The van der Waals surface area contributed by atoms with Gasteiger partial charge in [0.15, 0.2) is 27.1 Å². The molecule has 12 heteroatoms. The van der Waals surface area contributed by atoms with E-state index in [1.54, 1.807) is 30.0 Å². The van der Waals surface area contributed by atoms with Crippen LogP contribution in [-0.2, 0) is 22.8 Å². The molecule has 36 heavy (non-hydrogen) atoms. The van der Waals surface area contributed by atoms with Crippen molar-refractivity contribution in [1.82, 2.24) is 34.5 Å². The number of nitrogens with zero attached hydrogens (tertiary/aromatic N) is 7. The van der Waals surface area contributed by atoms with E-state index in [0.29, 0.717) is 41.1 Å². The lowest BCUT2D eigenvalue weighted by molar-refractivity contribution is 0.526. The molecule has 1 N–H and O–H groups in total. The molecule has 0 aliphatic rings. The minimum absolute atomic E-state index is 0.00325. The van der Waals surface area contributed by atoms with Crippen LogP contribution in [0, 0.1) is 0 Å². The Labute approximate surface area is 209 Å². The Morgan fingerprint density at radius 2 is 1.83 bits per heavy atom. The Kier molecular flexibility index (Phi) is 7.34. The molecule has 0 aliphatic heterocycles. The molecule has 188 valence electrons. The predicted octanol–water partition coefficient (Wildman–Crippen LogP) is 2.98. The largest absolute Gasteiger partial charge is 0.360 e. The summed E-state index contributed by atoms with van der Waals surface area (Å²) in [5.74, 6) is 0.581. The number of hydrogen-bond donors (Lipinski definition) is 1. The van der Waals surface area contributed by atoms with E-state index >= 15 is 0 Å². The van der Waals surface area contributed by atoms with E-state index in [1.165, 1.54) is 18.6 Å². The molecule has 4 aromatic heterocycles. The Balaban J connectivity index is 1.72. The lowest BCUT2D eigenvalue weighted by atomic mass is 10.2. The number of nitrogens with one attached hydrogen (secondary N) is 1. The highest BCUT2D eigenvalue weighted by Gasteiger charge is 2.19. The molecule has 0 saturated carbocycles. The first kappa shape index (κ1) is 25.3. The number of rotatable bonds is 9. The molecule has 4 aromatic rings. The molecule has 0 bridgehead atoms. The normalized spacial score (nSPS) is 12.6. The van der Waals surface area contributed by atoms with Crippen LogP contribution in [0.15, 0.2) is 46.7 Å². The maximum Gasteiger partial charge on any atom is 0.295 e. The van der Waals surface area contributed by atoms with Crippen molar-refractivity contribution in [2.75, 3.05) is 11.1 Å². The van der Waals surface area contributed by atoms with Crippen LogP contribution < -0.4 is 10.9 Å². The zero-order chi connectivity index (χ0) is 25.9. The summed E-state index contributed by atoms with van der Waals surface area (Å²) in [6.45, 7) is 7.72. The summed E-state index contributed by atoms with van der Waals surface area (Å²) in [5, 5.41) is 3.05. The summed E-state index contributed by atoms with van der Waals surface area (Å²) in [6.07, 6.45) is 7.49. The van der Waals surface area contributed by atoms with Gasteiger partial charge in [-0.1, -0.05) is 20.8 Å². The van der Waals surface area contributed by atoms with Gasteiger partial charge in [-0.15, -0.1) is 0 Å². The fourth-order valence-corrected chi connectivity index (χ4v) is 4.52. The van der Waals surface area contributed by atoms with Crippen LogP contribution in [0.5, 0.6) is 0 Å². The van der Waals surface area contributed by atoms with Gasteiger partial charge in [0.25, 0.3) is 5.56 Å². The molecule has 11 nitrogen and oxygen atoms in total. The summed E-state index contributed by atoms with van der Waals surface area (Å²) in [6, 6.07) is 2.99. The van der Waals surface area contributed by atoms with Crippen LogP contribution in [0.25, 0.3) is 22.6 Å². The topological polar surface area (TPSA) is 146 Å². The summed E-state index contributed by atoms with van der Waals surface area (Å²) < 4.78 is 25.6. The minimum Gasteiger partial charge on any atom is -0.360 e. The smallest absolute Gasteiger partial charge is 0.295 e. The quantitative estimate of drug-likeness (QED) is 0.358. The third-order valence-corrected chi connectivity index (χ3v) is 7.73. The standard InChI is InChI=1S/C24H28N8O3S/c1-5-15(4)32-23-20(13-28-21(31-23)18-12-25-14-29-19(18)6-2)30-22(24(32)33)27-10-16-8-9-17(11-26-16)36(34,35)7-3/h8-9,11-15H,5-7,10H2,1-4H3,(H,27,30). The zero-order valence-corrected chi connectivity index (χ0v) is 21.4. The molecule has 4 rings (SSSR count). The average Bonchev–Trinajstić information content (AvgIpc) is 2.91. The number of fused-ring (bicyclic) bond motifs is 1. The average molecular weight is 509 g/mol. The van der Waals surface area contributed by atoms with E-state index in [9.17, 15) is 13.2 Å². The zero-order valence-electron chi connectivity index (χ0n) is 20.6. The van der Waals surface area contributed by atoms with Crippen LogP contribution in [0.4, 0.5) is 5.82 Å². The second-order valence-electron chi connectivity index (χ2n) is 8.27. The summed E-state index contributed by atoms with van der Waals surface area (Å²) in [4.78, 5) is 39.9. The predicted molar refractivity (Wildman–Crippen MR) is 136 cm³/mol. The fraction of sp³-hybridized carbons (Fsp3) is 0.375. The Morgan fingerprint density at radius 3 is 2.50 bits per heavy atom. The van der Waals surface area contributed by atoms with Gasteiger partial charge >= 0.3 is 0 Å². The second-order valence-corrected chi connectivity index (χ2v) is 10.6. The number of hydrogen-bond acceptors (Lipinski definition) is 10. The molecule has 0 aliphatic carbocycles. The number of aryl methyl sites for hydroxylation is 1. The third-order valence-electron chi connectivity index (χ3n) is 6.01. The highest BCUT2D eigenvalue weighted by atomic mass is 32.2. The molecule has 4 heterocycles. The van der Waals surface area contributed by atoms with Gasteiger partial charge in [-0.05, 0) is 31.9 Å².